The molecule has 1 N–H and O–H groups in total. The third-order valence-corrected chi connectivity index (χ3v) is 3.62. The zero-order valence-electron chi connectivity index (χ0n) is 9.84. The van der Waals surface area contributed by atoms with Gasteiger partial charge in [-0.2, -0.15) is 0 Å². The van der Waals surface area contributed by atoms with Crippen molar-refractivity contribution in [2.45, 2.75) is 45.1 Å². The minimum atomic E-state index is 0.418. The highest BCUT2D eigenvalue weighted by Gasteiger charge is 2.35. The van der Waals surface area contributed by atoms with Crippen LogP contribution < -0.4 is 5.32 Å². The zero-order valence-corrected chi connectivity index (χ0v) is 9.84. The molecule has 1 aromatic rings. The molecule has 82 valence electrons. The Morgan fingerprint density at radius 1 is 1.33 bits per heavy atom. The SMILES string of the molecule is CCCC1(Cc2ccccc2C)CCN1. The first kappa shape index (κ1) is 10.7. The predicted molar refractivity (Wildman–Crippen MR) is 65.1 cm³/mol. The standard InChI is InChI=1S/C14H21N/c1-3-8-14(9-10-15-14)11-13-7-5-4-6-12(13)2/h4-7,15H,3,8-11H2,1-2H3. The maximum Gasteiger partial charge on any atom is 0.0233 e. The molecule has 1 fully saturated rings. The van der Waals surface area contributed by atoms with E-state index in [0.29, 0.717) is 5.54 Å². The molecule has 1 aliphatic rings. The average molecular weight is 203 g/mol. The predicted octanol–water partition coefficient (Wildman–Crippen LogP) is 3.07. The summed E-state index contributed by atoms with van der Waals surface area (Å²) in [4.78, 5) is 0. The van der Waals surface area contributed by atoms with Crippen LogP contribution in [0.1, 0.15) is 37.3 Å². The summed E-state index contributed by atoms with van der Waals surface area (Å²) in [5.74, 6) is 0. The Bertz CT molecular complexity index is 326. The fourth-order valence-electron chi connectivity index (χ4n) is 2.58. The van der Waals surface area contributed by atoms with Gasteiger partial charge in [0.05, 0.1) is 0 Å². The zero-order chi connectivity index (χ0) is 10.7. The lowest BCUT2D eigenvalue weighted by Crippen LogP contribution is -2.58. The Hall–Kier alpha value is -0.820. The molecule has 0 amide bonds. The molecule has 0 radical (unpaired) electrons. The minimum Gasteiger partial charge on any atom is -0.311 e. The fourth-order valence-corrected chi connectivity index (χ4v) is 2.58. The lowest BCUT2D eigenvalue weighted by molar-refractivity contribution is 0.188. The summed E-state index contributed by atoms with van der Waals surface area (Å²) >= 11 is 0. The van der Waals surface area contributed by atoms with Crippen molar-refractivity contribution >= 4 is 0 Å². The Kier molecular flexibility index (Phi) is 3.11. The molecule has 0 spiro atoms. The van der Waals surface area contributed by atoms with Crippen LogP contribution in [0.2, 0.25) is 0 Å². The topological polar surface area (TPSA) is 12.0 Å². The summed E-state index contributed by atoms with van der Waals surface area (Å²) in [6.07, 6.45) is 5.13. The van der Waals surface area contributed by atoms with E-state index in [2.05, 4.69) is 43.4 Å². The van der Waals surface area contributed by atoms with Crippen LogP contribution in [-0.4, -0.2) is 12.1 Å². The number of benzene rings is 1. The van der Waals surface area contributed by atoms with Gasteiger partial charge in [-0.3, -0.25) is 0 Å². The van der Waals surface area contributed by atoms with Gasteiger partial charge in [0.1, 0.15) is 0 Å². The Morgan fingerprint density at radius 2 is 2.07 bits per heavy atom. The van der Waals surface area contributed by atoms with Gasteiger partial charge in [-0.15, -0.1) is 0 Å². The van der Waals surface area contributed by atoms with Gasteiger partial charge in [0.15, 0.2) is 0 Å². The van der Waals surface area contributed by atoms with Gasteiger partial charge < -0.3 is 5.32 Å². The molecule has 1 nitrogen and oxygen atoms in total. The van der Waals surface area contributed by atoms with Crippen molar-refractivity contribution in [2.24, 2.45) is 0 Å². The number of hydrogen-bond acceptors (Lipinski definition) is 1. The monoisotopic (exact) mass is 203 g/mol. The van der Waals surface area contributed by atoms with Gasteiger partial charge in [-0.05, 0) is 43.9 Å². The Balaban J connectivity index is 2.10. The van der Waals surface area contributed by atoms with Gasteiger partial charge in [-0.1, -0.05) is 37.6 Å². The fraction of sp³-hybridized carbons (Fsp3) is 0.571. The molecule has 2 rings (SSSR count). The Labute approximate surface area is 92.9 Å². The molecule has 1 saturated heterocycles. The quantitative estimate of drug-likeness (QED) is 0.793. The third kappa shape index (κ3) is 2.23. The first-order chi connectivity index (χ1) is 7.26. The van der Waals surface area contributed by atoms with Crippen LogP contribution in [0.15, 0.2) is 24.3 Å². The summed E-state index contributed by atoms with van der Waals surface area (Å²) in [5.41, 5.74) is 3.36. The van der Waals surface area contributed by atoms with Crippen LogP contribution >= 0.6 is 0 Å². The second-order valence-corrected chi connectivity index (χ2v) is 4.81. The largest absolute Gasteiger partial charge is 0.311 e. The average Bonchev–Trinajstić information content (AvgIpc) is 2.18. The van der Waals surface area contributed by atoms with Crippen LogP contribution in [0.4, 0.5) is 0 Å². The molecule has 1 aromatic carbocycles. The molecule has 1 aliphatic heterocycles. The second kappa shape index (κ2) is 4.36. The number of rotatable bonds is 4. The number of hydrogen-bond donors (Lipinski definition) is 1. The van der Waals surface area contributed by atoms with E-state index in [1.54, 1.807) is 0 Å². The van der Waals surface area contributed by atoms with Crippen molar-refractivity contribution in [3.8, 4) is 0 Å². The molecule has 0 aromatic heterocycles. The third-order valence-electron chi connectivity index (χ3n) is 3.62. The van der Waals surface area contributed by atoms with Crippen molar-refractivity contribution in [1.82, 2.24) is 5.32 Å². The molecule has 1 heteroatoms. The number of nitrogens with one attached hydrogen (secondary N) is 1. The normalized spacial score (nSPS) is 24.9. The van der Waals surface area contributed by atoms with E-state index < -0.39 is 0 Å². The molecule has 1 atom stereocenters. The van der Waals surface area contributed by atoms with E-state index in [1.165, 1.54) is 43.4 Å². The summed E-state index contributed by atoms with van der Waals surface area (Å²) in [6.45, 7) is 5.69. The van der Waals surface area contributed by atoms with Crippen LogP contribution in [-0.2, 0) is 6.42 Å². The summed E-state index contributed by atoms with van der Waals surface area (Å²) in [6, 6.07) is 8.76. The molecule has 1 unspecified atom stereocenters. The van der Waals surface area contributed by atoms with E-state index in [0.717, 1.165) is 0 Å². The smallest absolute Gasteiger partial charge is 0.0233 e. The van der Waals surface area contributed by atoms with Crippen LogP contribution in [0.3, 0.4) is 0 Å². The molecule has 0 saturated carbocycles. The van der Waals surface area contributed by atoms with Gasteiger partial charge in [0.2, 0.25) is 0 Å². The molecular formula is C14H21N. The van der Waals surface area contributed by atoms with Crippen molar-refractivity contribution < 1.29 is 0 Å². The van der Waals surface area contributed by atoms with Gasteiger partial charge in [0, 0.05) is 5.54 Å². The van der Waals surface area contributed by atoms with Crippen LogP contribution in [0, 0.1) is 6.92 Å². The van der Waals surface area contributed by atoms with Crippen LogP contribution in [0.25, 0.3) is 0 Å². The summed E-state index contributed by atoms with van der Waals surface area (Å²) < 4.78 is 0. The van der Waals surface area contributed by atoms with Gasteiger partial charge in [-0.25, -0.2) is 0 Å². The van der Waals surface area contributed by atoms with E-state index in [9.17, 15) is 0 Å². The minimum absolute atomic E-state index is 0.418. The van der Waals surface area contributed by atoms with Gasteiger partial charge >= 0.3 is 0 Å². The highest BCUT2D eigenvalue weighted by atomic mass is 15.0. The van der Waals surface area contributed by atoms with Crippen molar-refractivity contribution in [3.05, 3.63) is 35.4 Å². The molecule has 1 heterocycles. The highest BCUT2D eigenvalue weighted by molar-refractivity contribution is 5.28. The lowest BCUT2D eigenvalue weighted by atomic mass is 9.78. The summed E-state index contributed by atoms with van der Waals surface area (Å²) in [5, 5.41) is 3.64. The molecule has 15 heavy (non-hydrogen) atoms. The molecular weight excluding hydrogens is 182 g/mol. The second-order valence-electron chi connectivity index (χ2n) is 4.81. The van der Waals surface area contributed by atoms with E-state index in [4.69, 9.17) is 0 Å². The van der Waals surface area contributed by atoms with E-state index >= 15 is 0 Å². The molecule has 0 aliphatic carbocycles. The van der Waals surface area contributed by atoms with Crippen molar-refractivity contribution in [1.29, 1.82) is 0 Å². The first-order valence-electron chi connectivity index (χ1n) is 6.05. The maximum absolute atomic E-state index is 3.64. The van der Waals surface area contributed by atoms with E-state index in [1.807, 2.05) is 0 Å². The Morgan fingerprint density at radius 3 is 2.60 bits per heavy atom. The van der Waals surface area contributed by atoms with Crippen molar-refractivity contribution in [2.75, 3.05) is 6.54 Å². The summed E-state index contributed by atoms with van der Waals surface area (Å²) in [7, 11) is 0. The van der Waals surface area contributed by atoms with E-state index in [-0.39, 0.29) is 0 Å². The number of aryl methyl sites for hydroxylation is 1. The van der Waals surface area contributed by atoms with Crippen molar-refractivity contribution in [3.63, 3.8) is 0 Å². The van der Waals surface area contributed by atoms with Crippen LogP contribution in [0.5, 0.6) is 0 Å². The van der Waals surface area contributed by atoms with Gasteiger partial charge in [0.25, 0.3) is 0 Å². The highest BCUT2D eigenvalue weighted by Crippen LogP contribution is 2.29. The lowest BCUT2D eigenvalue weighted by Gasteiger charge is -2.44. The maximum atomic E-state index is 3.64. The first-order valence-corrected chi connectivity index (χ1v) is 6.05. The molecule has 0 bridgehead atoms.